The summed E-state index contributed by atoms with van der Waals surface area (Å²) in [5.74, 6) is 0. The van der Waals surface area contributed by atoms with Crippen LogP contribution in [0.4, 0.5) is 0 Å². The van der Waals surface area contributed by atoms with Crippen molar-refractivity contribution in [3.63, 3.8) is 0 Å². The van der Waals surface area contributed by atoms with Crippen LogP contribution in [0, 0.1) is 0 Å². The molecule has 0 amide bonds. The second-order valence-corrected chi connectivity index (χ2v) is 1.69. The van der Waals surface area contributed by atoms with Gasteiger partial charge < -0.3 is 10.4 Å². The minimum atomic E-state index is 0.131. The molecular weight excluding hydrogens is 102 g/mol. The van der Waals surface area contributed by atoms with Crippen LogP contribution in [0.25, 0.3) is 0 Å². The second kappa shape index (κ2) is 4.81. The molecule has 2 heteroatoms. The average molecular weight is 115 g/mol. The molecule has 0 aliphatic heterocycles. The summed E-state index contributed by atoms with van der Waals surface area (Å²) in [4.78, 5) is 0. The van der Waals surface area contributed by atoms with Gasteiger partial charge in [0.05, 0.1) is 6.61 Å². The predicted octanol–water partition coefficient (Wildman–Crippen LogP) is 0.143. The van der Waals surface area contributed by atoms with Crippen molar-refractivity contribution in [2.75, 3.05) is 13.7 Å². The zero-order valence-electron chi connectivity index (χ0n) is 5.39. The van der Waals surface area contributed by atoms with E-state index in [2.05, 4.69) is 5.32 Å². The molecule has 2 N–H and O–H groups in total. The largest absolute Gasteiger partial charge is 0.392 e. The lowest BCUT2D eigenvalue weighted by Gasteiger charge is -2.00. The second-order valence-electron chi connectivity index (χ2n) is 1.69. The first-order valence-corrected chi connectivity index (χ1v) is 2.76. The summed E-state index contributed by atoms with van der Waals surface area (Å²) in [7, 11) is 1.88. The van der Waals surface area contributed by atoms with E-state index in [0.29, 0.717) is 6.04 Å². The highest BCUT2D eigenvalue weighted by Gasteiger charge is 1.85. The Kier molecular flexibility index (Phi) is 4.61. The summed E-state index contributed by atoms with van der Waals surface area (Å²) in [6.45, 7) is 2.15. The zero-order valence-corrected chi connectivity index (χ0v) is 5.39. The Hall–Kier alpha value is -0.340. The van der Waals surface area contributed by atoms with E-state index in [1.54, 1.807) is 6.08 Å². The van der Waals surface area contributed by atoms with Gasteiger partial charge in [0.15, 0.2) is 0 Å². The molecular formula is C6H13NO. The maximum absolute atomic E-state index is 8.30. The number of nitrogens with one attached hydrogen (secondary N) is 1. The van der Waals surface area contributed by atoms with E-state index in [1.807, 2.05) is 20.0 Å². The van der Waals surface area contributed by atoms with Gasteiger partial charge in [-0.15, -0.1) is 0 Å². The maximum Gasteiger partial charge on any atom is 0.0612 e. The molecule has 0 spiro atoms. The molecule has 0 heterocycles. The summed E-state index contributed by atoms with van der Waals surface area (Å²) in [6, 6.07) is 0.363. The number of aliphatic hydroxyl groups excluding tert-OH is 1. The fourth-order valence-corrected chi connectivity index (χ4v) is 0.361. The SMILES string of the molecule is CNC(C)/C=C/CO. The molecule has 2 nitrogen and oxygen atoms in total. The minimum Gasteiger partial charge on any atom is -0.392 e. The van der Waals surface area contributed by atoms with Crippen LogP contribution in [-0.2, 0) is 0 Å². The van der Waals surface area contributed by atoms with Crippen LogP contribution in [0.2, 0.25) is 0 Å². The van der Waals surface area contributed by atoms with Crippen molar-refractivity contribution in [3.8, 4) is 0 Å². The van der Waals surface area contributed by atoms with Gasteiger partial charge in [-0.05, 0) is 14.0 Å². The molecule has 0 aliphatic carbocycles. The highest BCUT2D eigenvalue weighted by atomic mass is 16.2. The Morgan fingerprint density at radius 1 is 1.75 bits per heavy atom. The molecule has 0 aromatic rings. The quantitative estimate of drug-likeness (QED) is 0.513. The molecule has 0 radical (unpaired) electrons. The van der Waals surface area contributed by atoms with Crippen LogP contribution >= 0.6 is 0 Å². The van der Waals surface area contributed by atoms with Crippen LogP contribution < -0.4 is 5.32 Å². The van der Waals surface area contributed by atoms with Crippen molar-refractivity contribution in [2.24, 2.45) is 0 Å². The van der Waals surface area contributed by atoms with Gasteiger partial charge in [0, 0.05) is 6.04 Å². The molecule has 0 saturated heterocycles. The lowest BCUT2D eigenvalue weighted by Crippen LogP contribution is -2.17. The number of hydrogen-bond donors (Lipinski definition) is 2. The minimum absolute atomic E-state index is 0.131. The Labute approximate surface area is 50.2 Å². The topological polar surface area (TPSA) is 32.3 Å². The van der Waals surface area contributed by atoms with Crippen LogP contribution in [0.1, 0.15) is 6.92 Å². The average Bonchev–Trinajstić information content (AvgIpc) is 1.83. The van der Waals surface area contributed by atoms with Crippen LogP contribution in [-0.4, -0.2) is 24.8 Å². The molecule has 0 bridgehead atoms. The van der Waals surface area contributed by atoms with Crippen LogP contribution in [0.5, 0.6) is 0 Å². The highest BCUT2D eigenvalue weighted by molar-refractivity contribution is 4.89. The number of aliphatic hydroxyl groups is 1. The number of rotatable bonds is 3. The Morgan fingerprint density at radius 2 is 2.38 bits per heavy atom. The van der Waals surface area contributed by atoms with Crippen molar-refractivity contribution in [2.45, 2.75) is 13.0 Å². The lowest BCUT2D eigenvalue weighted by atomic mass is 10.3. The first-order chi connectivity index (χ1) is 3.81. The fourth-order valence-electron chi connectivity index (χ4n) is 0.361. The number of hydrogen-bond acceptors (Lipinski definition) is 2. The summed E-state index contributed by atoms with van der Waals surface area (Å²) in [5.41, 5.74) is 0. The predicted molar refractivity (Wildman–Crippen MR) is 34.7 cm³/mol. The van der Waals surface area contributed by atoms with Crippen LogP contribution in [0.3, 0.4) is 0 Å². The molecule has 0 saturated carbocycles. The molecule has 0 rings (SSSR count). The van der Waals surface area contributed by atoms with Gasteiger partial charge >= 0.3 is 0 Å². The first-order valence-electron chi connectivity index (χ1n) is 2.76. The van der Waals surface area contributed by atoms with Crippen molar-refractivity contribution in [1.82, 2.24) is 5.32 Å². The van der Waals surface area contributed by atoms with Gasteiger partial charge in [0.25, 0.3) is 0 Å². The van der Waals surface area contributed by atoms with Gasteiger partial charge in [-0.2, -0.15) is 0 Å². The molecule has 0 aromatic heterocycles. The zero-order chi connectivity index (χ0) is 6.41. The summed E-state index contributed by atoms with van der Waals surface area (Å²) in [6.07, 6.45) is 3.64. The molecule has 1 unspecified atom stereocenters. The van der Waals surface area contributed by atoms with Crippen molar-refractivity contribution in [3.05, 3.63) is 12.2 Å². The van der Waals surface area contributed by atoms with Crippen LogP contribution in [0.15, 0.2) is 12.2 Å². The third-order valence-corrected chi connectivity index (χ3v) is 0.986. The van der Waals surface area contributed by atoms with E-state index in [-0.39, 0.29) is 6.61 Å². The maximum atomic E-state index is 8.30. The Morgan fingerprint density at radius 3 is 2.75 bits per heavy atom. The van der Waals surface area contributed by atoms with Crippen molar-refractivity contribution < 1.29 is 5.11 Å². The van der Waals surface area contributed by atoms with Gasteiger partial charge in [-0.3, -0.25) is 0 Å². The number of likely N-dealkylation sites (N-methyl/N-ethyl adjacent to an activating group) is 1. The highest BCUT2D eigenvalue weighted by Crippen LogP contribution is 1.80. The summed E-state index contributed by atoms with van der Waals surface area (Å²) >= 11 is 0. The van der Waals surface area contributed by atoms with E-state index >= 15 is 0 Å². The van der Waals surface area contributed by atoms with E-state index in [9.17, 15) is 0 Å². The van der Waals surface area contributed by atoms with Crippen molar-refractivity contribution >= 4 is 0 Å². The summed E-state index contributed by atoms with van der Waals surface area (Å²) < 4.78 is 0. The van der Waals surface area contributed by atoms with Gasteiger partial charge in [-0.1, -0.05) is 12.2 Å². The first kappa shape index (κ1) is 7.66. The monoisotopic (exact) mass is 115 g/mol. The van der Waals surface area contributed by atoms with E-state index < -0.39 is 0 Å². The molecule has 0 fully saturated rings. The normalized spacial score (nSPS) is 14.9. The Bertz CT molecular complexity index is 70.9. The van der Waals surface area contributed by atoms with E-state index in [1.165, 1.54) is 0 Å². The molecule has 8 heavy (non-hydrogen) atoms. The lowest BCUT2D eigenvalue weighted by molar-refractivity contribution is 0.342. The molecule has 48 valence electrons. The molecule has 0 aromatic carbocycles. The smallest absolute Gasteiger partial charge is 0.0612 e. The molecule has 0 aliphatic rings. The van der Waals surface area contributed by atoms with Gasteiger partial charge in [-0.25, -0.2) is 0 Å². The standard InChI is InChI=1S/C6H13NO/c1-6(7-2)4-3-5-8/h3-4,6-8H,5H2,1-2H3/b4-3+. The Balaban J connectivity index is 3.21. The third-order valence-electron chi connectivity index (χ3n) is 0.986. The van der Waals surface area contributed by atoms with Crippen molar-refractivity contribution in [1.29, 1.82) is 0 Å². The summed E-state index contributed by atoms with van der Waals surface area (Å²) in [5, 5.41) is 11.3. The molecule has 1 atom stereocenters. The fraction of sp³-hybridized carbons (Fsp3) is 0.667. The van der Waals surface area contributed by atoms with E-state index in [4.69, 9.17) is 5.11 Å². The van der Waals surface area contributed by atoms with Gasteiger partial charge in [0.1, 0.15) is 0 Å². The van der Waals surface area contributed by atoms with E-state index in [0.717, 1.165) is 0 Å². The van der Waals surface area contributed by atoms with Gasteiger partial charge in [0.2, 0.25) is 0 Å². The third kappa shape index (κ3) is 3.84.